The number of rotatable bonds is 8. The number of phenols is 2. The first kappa shape index (κ1) is 20.8. The number of carboxylic acids is 1. The van der Waals surface area contributed by atoms with Gasteiger partial charge in [0.15, 0.2) is 29.1 Å². The number of aliphatic hydroxyl groups is 1. The zero-order chi connectivity index (χ0) is 20.8. The largest absolute Gasteiger partial charge is 0.504 e. The molecule has 0 bridgehead atoms. The highest BCUT2D eigenvalue weighted by Gasteiger charge is 2.30. The second kappa shape index (κ2) is 8.96. The van der Waals surface area contributed by atoms with Gasteiger partial charge in [-0.3, -0.25) is 0 Å². The number of hydrogen-bond donors (Lipinski definition) is 4. The fourth-order valence-electron chi connectivity index (χ4n) is 2.41. The van der Waals surface area contributed by atoms with E-state index in [4.69, 9.17) is 14.2 Å². The molecule has 2 atom stereocenters. The molecule has 28 heavy (non-hydrogen) atoms. The van der Waals surface area contributed by atoms with Gasteiger partial charge in [0.25, 0.3) is 0 Å². The van der Waals surface area contributed by atoms with Gasteiger partial charge >= 0.3 is 11.9 Å². The van der Waals surface area contributed by atoms with E-state index in [-0.39, 0.29) is 40.7 Å². The summed E-state index contributed by atoms with van der Waals surface area (Å²) < 4.78 is 15.1. The number of phenolic OH excluding ortho intramolecular Hbond substituents is 2. The van der Waals surface area contributed by atoms with E-state index < -0.39 is 24.1 Å². The second-order valence-electron chi connectivity index (χ2n) is 5.65. The van der Waals surface area contributed by atoms with Crippen LogP contribution in [0.25, 0.3) is 0 Å². The summed E-state index contributed by atoms with van der Waals surface area (Å²) in [7, 11) is 1.30. The number of ether oxygens (including phenoxy) is 3. The lowest BCUT2D eigenvalue weighted by molar-refractivity contribution is -0.171. The predicted octanol–water partition coefficient (Wildman–Crippen LogP) is 1.91. The maximum Gasteiger partial charge on any atom is 0.349 e. The molecule has 0 saturated heterocycles. The molecule has 4 N–H and O–H groups in total. The van der Waals surface area contributed by atoms with Crippen molar-refractivity contribution in [1.29, 1.82) is 0 Å². The predicted molar refractivity (Wildman–Crippen MR) is 95.4 cm³/mol. The Balaban J connectivity index is 2.25. The molecule has 2 rings (SSSR count). The molecular formula is C19H20O9. The van der Waals surface area contributed by atoms with E-state index in [9.17, 15) is 30.0 Å². The molecule has 0 aliphatic heterocycles. The summed E-state index contributed by atoms with van der Waals surface area (Å²) in [5.74, 6) is -3.02. The van der Waals surface area contributed by atoms with Crippen molar-refractivity contribution >= 4 is 11.9 Å². The molecule has 0 aliphatic carbocycles. The Hall–Kier alpha value is -3.46. The number of esters is 1. The van der Waals surface area contributed by atoms with Crippen molar-refractivity contribution in [2.75, 3.05) is 13.7 Å². The Morgan fingerprint density at radius 3 is 2.14 bits per heavy atom. The Bertz CT molecular complexity index is 862. The van der Waals surface area contributed by atoms with Crippen LogP contribution in [0, 0.1) is 0 Å². The van der Waals surface area contributed by atoms with Crippen LogP contribution in [0.1, 0.15) is 30.3 Å². The van der Waals surface area contributed by atoms with Gasteiger partial charge in [0.05, 0.1) is 13.7 Å². The van der Waals surface area contributed by atoms with Gasteiger partial charge in [-0.25, -0.2) is 9.59 Å². The molecule has 2 unspecified atom stereocenters. The minimum Gasteiger partial charge on any atom is -0.504 e. The Morgan fingerprint density at radius 2 is 1.57 bits per heavy atom. The number of aliphatic carboxylic acids is 1. The third kappa shape index (κ3) is 4.63. The van der Waals surface area contributed by atoms with E-state index in [0.717, 1.165) is 0 Å². The number of aliphatic hydroxyl groups excluding tert-OH is 1. The van der Waals surface area contributed by atoms with E-state index in [1.54, 1.807) is 6.92 Å². The fourth-order valence-corrected chi connectivity index (χ4v) is 2.41. The van der Waals surface area contributed by atoms with Crippen LogP contribution in [0.4, 0.5) is 0 Å². The van der Waals surface area contributed by atoms with Gasteiger partial charge < -0.3 is 34.6 Å². The van der Waals surface area contributed by atoms with Crippen molar-refractivity contribution in [3.8, 4) is 23.0 Å². The van der Waals surface area contributed by atoms with E-state index >= 15 is 0 Å². The number of aromatic hydroxyl groups is 2. The van der Waals surface area contributed by atoms with Crippen LogP contribution in [0.2, 0.25) is 0 Å². The number of carboxylic acid groups (broad SMARTS) is 1. The number of carbonyl (C=O) groups is 2. The van der Waals surface area contributed by atoms with Crippen molar-refractivity contribution in [2.45, 2.75) is 19.1 Å². The molecule has 0 spiro atoms. The molecule has 9 heteroatoms. The zero-order valence-electron chi connectivity index (χ0n) is 15.2. The van der Waals surface area contributed by atoms with E-state index in [2.05, 4.69) is 0 Å². The summed E-state index contributed by atoms with van der Waals surface area (Å²) in [6.07, 6.45) is -3.54. The van der Waals surface area contributed by atoms with Gasteiger partial charge in [0.1, 0.15) is 0 Å². The second-order valence-corrected chi connectivity index (χ2v) is 5.65. The van der Waals surface area contributed by atoms with Crippen LogP contribution < -0.4 is 9.47 Å². The van der Waals surface area contributed by atoms with Crippen LogP contribution in [-0.2, 0) is 14.3 Å². The average molecular weight is 392 g/mol. The third-order valence-electron chi connectivity index (χ3n) is 3.79. The van der Waals surface area contributed by atoms with Crippen molar-refractivity contribution in [3.05, 3.63) is 47.5 Å². The standard InChI is InChI=1S/C19H20O9/c1-3-27-15-9-11(5-7-13(15)21)17(18(23)24)28-19(25)16(22)10-4-6-12(20)14(8-10)26-2/h4-9,16-17,20-22H,3H2,1-2H3,(H,23,24). The van der Waals surface area contributed by atoms with E-state index in [0.29, 0.717) is 0 Å². The number of hydrogen-bond acceptors (Lipinski definition) is 8. The quantitative estimate of drug-likeness (QED) is 0.495. The molecule has 0 saturated carbocycles. The molecular weight excluding hydrogens is 372 g/mol. The molecule has 9 nitrogen and oxygen atoms in total. The minimum absolute atomic E-state index is 0.0269. The Morgan fingerprint density at radius 1 is 1.00 bits per heavy atom. The summed E-state index contributed by atoms with van der Waals surface area (Å²) in [5, 5.41) is 38.9. The highest BCUT2D eigenvalue weighted by Crippen LogP contribution is 2.33. The molecule has 0 aliphatic rings. The fraction of sp³-hybridized carbons (Fsp3) is 0.263. The van der Waals surface area contributed by atoms with Crippen molar-refractivity contribution in [3.63, 3.8) is 0 Å². The van der Waals surface area contributed by atoms with Gasteiger partial charge in [0, 0.05) is 5.56 Å². The van der Waals surface area contributed by atoms with Gasteiger partial charge in [-0.15, -0.1) is 0 Å². The summed E-state index contributed by atoms with van der Waals surface area (Å²) in [5.41, 5.74) is 0.0853. The van der Waals surface area contributed by atoms with Crippen molar-refractivity contribution < 1.29 is 44.2 Å². The summed E-state index contributed by atoms with van der Waals surface area (Å²) in [6.45, 7) is 1.92. The molecule has 2 aromatic carbocycles. The van der Waals surface area contributed by atoms with Crippen LogP contribution in [0.5, 0.6) is 23.0 Å². The van der Waals surface area contributed by atoms with Crippen LogP contribution in [-0.4, -0.2) is 46.1 Å². The zero-order valence-corrected chi connectivity index (χ0v) is 15.2. The highest BCUT2D eigenvalue weighted by molar-refractivity contribution is 5.82. The average Bonchev–Trinajstić information content (AvgIpc) is 2.67. The monoisotopic (exact) mass is 392 g/mol. The number of methoxy groups -OCH3 is 1. The molecule has 0 amide bonds. The molecule has 0 aromatic heterocycles. The Kier molecular flexibility index (Phi) is 6.67. The van der Waals surface area contributed by atoms with E-state index in [1.165, 1.54) is 43.5 Å². The first-order chi connectivity index (χ1) is 13.3. The van der Waals surface area contributed by atoms with Crippen molar-refractivity contribution in [2.24, 2.45) is 0 Å². The molecule has 0 radical (unpaired) electrons. The first-order valence-corrected chi connectivity index (χ1v) is 8.22. The highest BCUT2D eigenvalue weighted by atomic mass is 16.6. The lowest BCUT2D eigenvalue weighted by atomic mass is 10.1. The summed E-state index contributed by atoms with van der Waals surface area (Å²) in [6, 6.07) is 7.43. The third-order valence-corrected chi connectivity index (χ3v) is 3.79. The number of carbonyl (C=O) groups excluding carboxylic acids is 1. The molecule has 0 heterocycles. The maximum absolute atomic E-state index is 12.3. The van der Waals surface area contributed by atoms with Gasteiger partial charge in [-0.05, 0) is 36.8 Å². The molecule has 150 valence electrons. The molecule has 0 fully saturated rings. The summed E-state index contributed by atoms with van der Waals surface area (Å²) >= 11 is 0. The van der Waals surface area contributed by atoms with Crippen LogP contribution >= 0.6 is 0 Å². The van der Waals surface area contributed by atoms with Crippen LogP contribution in [0.3, 0.4) is 0 Å². The lowest BCUT2D eigenvalue weighted by Gasteiger charge is -2.18. The minimum atomic E-state index is -1.81. The maximum atomic E-state index is 12.3. The first-order valence-electron chi connectivity index (χ1n) is 8.22. The SMILES string of the molecule is CCOc1cc(C(OC(=O)C(O)c2ccc(O)c(OC)c2)C(=O)O)ccc1O. The summed E-state index contributed by atoms with van der Waals surface area (Å²) in [4.78, 5) is 23.9. The van der Waals surface area contributed by atoms with Gasteiger partial charge in [-0.2, -0.15) is 0 Å². The number of benzene rings is 2. The molecule has 2 aromatic rings. The van der Waals surface area contributed by atoms with Crippen molar-refractivity contribution in [1.82, 2.24) is 0 Å². The smallest absolute Gasteiger partial charge is 0.349 e. The van der Waals surface area contributed by atoms with Crippen LogP contribution in [0.15, 0.2) is 36.4 Å². The van der Waals surface area contributed by atoms with Gasteiger partial charge in [0.2, 0.25) is 6.10 Å². The van der Waals surface area contributed by atoms with Gasteiger partial charge in [-0.1, -0.05) is 12.1 Å². The Labute approximate surface area is 160 Å². The topological polar surface area (TPSA) is 143 Å². The van der Waals surface area contributed by atoms with E-state index in [1.807, 2.05) is 0 Å². The normalized spacial score (nSPS) is 12.7. The lowest BCUT2D eigenvalue weighted by Crippen LogP contribution is -2.23.